The molecule has 0 saturated carbocycles. The van der Waals surface area contributed by atoms with Crippen molar-refractivity contribution in [2.75, 3.05) is 6.61 Å². The van der Waals surface area contributed by atoms with Crippen molar-refractivity contribution in [2.24, 2.45) is 5.92 Å². The third-order valence-corrected chi connectivity index (χ3v) is 1.48. The highest BCUT2D eigenvalue weighted by Gasteiger charge is 2.15. The highest BCUT2D eigenvalue weighted by Crippen LogP contribution is 2.08. The van der Waals surface area contributed by atoms with Gasteiger partial charge in [-0.15, -0.1) is 12.3 Å². The Morgan fingerprint density at radius 3 is 2.64 bits per heavy atom. The van der Waals surface area contributed by atoms with Gasteiger partial charge in [-0.2, -0.15) is 0 Å². The maximum absolute atomic E-state index is 11.0. The summed E-state index contributed by atoms with van der Waals surface area (Å²) in [5, 5.41) is 0. The van der Waals surface area contributed by atoms with Crippen LogP contribution in [0.4, 0.5) is 0 Å². The molecular formula is C9H14O2. The molecule has 0 amide bonds. The molecule has 11 heavy (non-hydrogen) atoms. The van der Waals surface area contributed by atoms with E-state index in [9.17, 15) is 4.79 Å². The van der Waals surface area contributed by atoms with E-state index < -0.39 is 0 Å². The van der Waals surface area contributed by atoms with Crippen molar-refractivity contribution < 1.29 is 9.53 Å². The lowest BCUT2D eigenvalue weighted by Crippen LogP contribution is -2.16. The van der Waals surface area contributed by atoms with Crippen LogP contribution in [0.3, 0.4) is 0 Å². The Hall–Kier alpha value is -0.970. The standard InChI is InChI=1S/C9H14O2/c1-4-7-8(5-2)9(10)11-6-3/h1,8H,5-7H2,2-3H3. The number of hydrogen-bond donors (Lipinski definition) is 0. The number of hydrogen-bond acceptors (Lipinski definition) is 2. The smallest absolute Gasteiger partial charge is 0.309 e. The number of esters is 1. The Morgan fingerprint density at radius 1 is 1.64 bits per heavy atom. The summed E-state index contributed by atoms with van der Waals surface area (Å²) < 4.78 is 4.81. The molecule has 0 fully saturated rings. The average Bonchev–Trinajstić information content (AvgIpc) is 2.00. The molecule has 1 unspecified atom stereocenters. The van der Waals surface area contributed by atoms with Crippen molar-refractivity contribution in [2.45, 2.75) is 26.7 Å². The van der Waals surface area contributed by atoms with Crippen LogP contribution in [0.25, 0.3) is 0 Å². The van der Waals surface area contributed by atoms with E-state index in [2.05, 4.69) is 5.92 Å². The molecule has 0 rings (SSSR count). The molecule has 2 heteroatoms. The molecule has 0 bridgehead atoms. The average molecular weight is 154 g/mol. The molecule has 0 aliphatic heterocycles. The Kier molecular flexibility index (Phi) is 5.28. The lowest BCUT2D eigenvalue weighted by atomic mass is 10.0. The summed E-state index contributed by atoms with van der Waals surface area (Å²) in [7, 11) is 0. The molecule has 0 heterocycles. The highest BCUT2D eigenvalue weighted by atomic mass is 16.5. The Balaban J connectivity index is 3.83. The summed E-state index contributed by atoms with van der Waals surface area (Å²) in [5.74, 6) is 2.17. The first-order chi connectivity index (χ1) is 5.26. The van der Waals surface area contributed by atoms with Gasteiger partial charge in [-0.25, -0.2) is 0 Å². The van der Waals surface area contributed by atoms with Crippen molar-refractivity contribution in [3.05, 3.63) is 0 Å². The van der Waals surface area contributed by atoms with Gasteiger partial charge in [-0.3, -0.25) is 4.79 Å². The van der Waals surface area contributed by atoms with Gasteiger partial charge in [0.15, 0.2) is 0 Å². The fourth-order valence-electron chi connectivity index (χ4n) is 0.797. The van der Waals surface area contributed by atoms with Crippen LogP contribution in [0.1, 0.15) is 26.7 Å². The molecule has 2 nitrogen and oxygen atoms in total. The van der Waals surface area contributed by atoms with Crippen LogP contribution < -0.4 is 0 Å². The summed E-state index contributed by atoms with van der Waals surface area (Å²) >= 11 is 0. The first kappa shape index (κ1) is 10.0. The largest absolute Gasteiger partial charge is 0.466 e. The minimum atomic E-state index is -0.173. The van der Waals surface area contributed by atoms with E-state index in [1.165, 1.54) is 0 Å². The maximum atomic E-state index is 11.0. The van der Waals surface area contributed by atoms with Gasteiger partial charge in [0.05, 0.1) is 12.5 Å². The van der Waals surface area contributed by atoms with Gasteiger partial charge in [0.2, 0.25) is 0 Å². The molecule has 0 N–H and O–H groups in total. The zero-order valence-corrected chi connectivity index (χ0v) is 7.09. The van der Waals surface area contributed by atoms with E-state index in [4.69, 9.17) is 11.2 Å². The lowest BCUT2D eigenvalue weighted by Gasteiger charge is -2.09. The third kappa shape index (κ3) is 3.67. The maximum Gasteiger partial charge on any atom is 0.309 e. The first-order valence-corrected chi connectivity index (χ1v) is 3.86. The van der Waals surface area contributed by atoms with Gasteiger partial charge in [-0.1, -0.05) is 6.92 Å². The van der Waals surface area contributed by atoms with Crippen LogP contribution in [0.5, 0.6) is 0 Å². The zero-order chi connectivity index (χ0) is 8.69. The summed E-state index contributed by atoms with van der Waals surface area (Å²) in [6.45, 7) is 4.15. The highest BCUT2D eigenvalue weighted by molar-refractivity contribution is 5.72. The van der Waals surface area contributed by atoms with E-state index in [0.29, 0.717) is 13.0 Å². The molecule has 0 aromatic carbocycles. The van der Waals surface area contributed by atoms with Gasteiger partial charge in [-0.05, 0) is 13.3 Å². The molecule has 0 radical (unpaired) electrons. The normalized spacial score (nSPS) is 11.7. The van der Waals surface area contributed by atoms with Crippen LogP contribution in [0.15, 0.2) is 0 Å². The van der Waals surface area contributed by atoms with Gasteiger partial charge < -0.3 is 4.74 Å². The zero-order valence-electron chi connectivity index (χ0n) is 7.09. The number of carbonyl (C=O) groups is 1. The lowest BCUT2D eigenvalue weighted by molar-refractivity contribution is -0.147. The quantitative estimate of drug-likeness (QED) is 0.454. The van der Waals surface area contributed by atoms with Gasteiger partial charge in [0.25, 0.3) is 0 Å². The van der Waals surface area contributed by atoms with Crippen molar-refractivity contribution in [3.63, 3.8) is 0 Å². The predicted molar refractivity (Wildman–Crippen MR) is 43.9 cm³/mol. The van der Waals surface area contributed by atoms with E-state index in [1.54, 1.807) is 6.92 Å². The monoisotopic (exact) mass is 154 g/mol. The van der Waals surface area contributed by atoms with Gasteiger partial charge in [0.1, 0.15) is 0 Å². The molecule has 62 valence electrons. The van der Waals surface area contributed by atoms with Crippen molar-refractivity contribution in [1.29, 1.82) is 0 Å². The minimum absolute atomic E-state index is 0.111. The molecule has 0 spiro atoms. The van der Waals surface area contributed by atoms with E-state index >= 15 is 0 Å². The fourth-order valence-corrected chi connectivity index (χ4v) is 0.797. The van der Waals surface area contributed by atoms with E-state index in [0.717, 1.165) is 6.42 Å². The molecule has 0 aromatic rings. The second-order valence-corrected chi connectivity index (χ2v) is 2.27. The van der Waals surface area contributed by atoms with E-state index in [-0.39, 0.29) is 11.9 Å². The molecule has 0 aliphatic rings. The number of rotatable bonds is 4. The summed E-state index contributed by atoms with van der Waals surface area (Å²) in [5.41, 5.74) is 0. The van der Waals surface area contributed by atoms with Crippen molar-refractivity contribution in [3.8, 4) is 12.3 Å². The number of carbonyl (C=O) groups excluding carboxylic acids is 1. The number of ether oxygens (including phenoxy) is 1. The van der Waals surface area contributed by atoms with Crippen LogP contribution in [0.2, 0.25) is 0 Å². The predicted octanol–water partition coefficient (Wildman–Crippen LogP) is 1.60. The molecular weight excluding hydrogens is 140 g/mol. The third-order valence-electron chi connectivity index (χ3n) is 1.48. The molecule has 0 aromatic heterocycles. The number of terminal acetylenes is 1. The van der Waals surface area contributed by atoms with E-state index in [1.807, 2.05) is 6.92 Å². The molecule has 0 aliphatic carbocycles. The van der Waals surface area contributed by atoms with Crippen LogP contribution in [0, 0.1) is 18.3 Å². The minimum Gasteiger partial charge on any atom is -0.466 e. The second kappa shape index (κ2) is 5.79. The fraction of sp³-hybridized carbons (Fsp3) is 0.667. The van der Waals surface area contributed by atoms with Crippen LogP contribution in [-0.2, 0) is 9.53 Å². The molecule has 1 atom stereocenters. The van der Waals surface area contributed by atoms with Crippen molar-refractivity contribution >= 4 is 5.97 Å². The summed E-state index contributed by atoms with van der Waals surface area (Å²) in [6.07, 6.45) is 6.32. The topological polar surface area (TPSA) is 26.3 Å². The SMILES string of the molecule is C#CCC(CC)C(=O)OCC. The first-order valence-electron chi connectivity index (χ1n) is 3.86. The Bertz CT molecular complexity index is 155. The van der Waals surface area contributed by atoms with Gasteiger partial charge in [0, 0.05) is 6.42 Å². The Labute approximate surface area is 67.9 Å². The summed E-state index contributed by atoms with van der Waals surface area (Å²) in [4.78, 5) is 11.0. The summed E-state index contributed by atoms with van der Waals surface area (Å²) in [6, 6.07) is 0. The second-order valence-electron chi connectivity index (χ2n) is 2.27. The van der Waals surface area contributed by atoms with Crippen molar-refractivity contribution in [1.82, 2.24) is 0 Å². The van der Waals surface area contributed by atoms with Crippen LogP contribution in [-0.4, -0.2) is 12.6 Å². The van der Waals surface area contributed by atoms with Crippen LogP contribution >= 0.6 is 0 Å². The van der Waals surface area contributed by atoms with Gasteiger partial charge >= 0.3 is 5.97 Å². The Morgan fingerprint density at radius 2 is 2.27 bits per heavy atom. The molecule has 0 saturated heterocycles.